The molecule has 1 atom stereocenters. The molecule has 0 amide bonds. The molecule has 0 bridgehead atoms. The van der Waals surface area contributed by atoms with E-state index in [2.05, 4.69) is 67.0 Å². The Morgan fingerprint density at radius 3 is 2.18 bits per heavy atom. The zero-order chi connectivity index (χ0) is 12.1. The monoisotopic (exact) mass is 243 g/mol. The summed E-state index contributed by atoms with van der Waals surface area (Å²) in [7, 11) is 0. The lowest BCUT2D eigenvalue weighted by Gasteiger charge is -2.15. The summed E-state index contributed by atoms with van der Waals surface area (Å²) >= 11 is 1.76. The van der Waals surface area contributed by atoms with Crippen molar-refractivity contribution >= 4 is 17.4 Å². The van der Waals surface area contributed by atoms with Gasteiger partial charge in [0.05, 0.1) is 0 Å². The third kappa shape index (κ3) is 3.27. The van der Waals surface area contributed by atoms with Crippen LogP contribution >= 0.6 is 11.8 Å². The summed E-state index contributed by atoms with van der Waals surface area (Å²) in [6.07, 6.45) is 2.09. The molecule has 0 aliphatic rings. The molecular formula is C15H17NS. The third-order valence-electron chi connectivity index (χ3n) is 2.77. The molecule has 1 nitrogen and oxygen atoms in total. The van der Waals surface area contributed by atoms with Crippen LogP contribution in [0.3, 0.4) is 0 Å². The van der Waals surface area contributed by atoms with Crippen molar-refractivity contribution in [2.45, 2.75) is 17.9 Å². The third-order valence-corrected chi connectivity index (χ3v) is 3.52. The highest BCUT2D eigenvalue weighted by molar-refractivity contribution is 7.98. The van der Waals surface area contributed by atoms with Crippen molar-refractivity contribution in [2.75, 3.05) is 11.6 Å². The fourth-order valence-corrected chi connectivity index (χ4v) is 2.17. The van der Waals surface area contributed by atoms with E-state index in [0.717, 1.165) is 0 Å². The first-order valence-electron chi connectivity index (χ1n) is 5.75. The van der Waals surface area contributed by atoms with E-state index in [9.17, 15) is 0 Å². The zero-order valence-electron chi connectivity index (χ0n) is 10.2. The second-order valence-corrected chi connectivity index (χ2v) is 4.88. The molecule has 0 saturated carbocycles. The van der Waals surface area contributed by atoms with Gasteiger partial charge in [-0.3, -0.25) is 0 Å². The topological polar surface area (TPSA) is 12.0 Å². The Morgan fingerprint density at radius 2 is 1.59 bits per heavy atom. The molecule has 0 radical (unpaired) electrons. The number of rotatable bonds is 4. The zero-order valence-corrected chi connectivity index (χ0v) is 11.0. The summed E-state index contributed by atoms with van der Waals surface area (Å²) in [4.78, 5) is 1.29. The molecular weight excluding hydrogens is 226 g/mol. The van der Waals surface area contributed by atoms with Crippen LogP contribution in [0.5, 0.6) is 0 Å². The molecule has 1 unspecified atom stereocenters. The van der Waals surface area contributed by atoms with Gasteiger partial charge < -0.3 is 5.32 Å². The summed E-state index contributed by atoms with van der Waals surface area (Å²) in [5.41, 5.74) is 2.47. The average Bonchev–Trinajstić information content (AvgIpc) is 2.40. The Labute approximate surface area is 107 Å². The van der Waals surface area contributed by atoms with Gasteiger partial charge in [-0.25, -0.2) is 0 Å². The first-order chi connectivity index (χ1) is 8.29. The maximum atomic E-state index is 3.50. The number of thioether (sulfide) groups is 1. The molecule has 2 aromatic rings. The average molecular weight is 243 g/mol. The van der Waals surface area contributed by atoms with Crippen LogP contribution in [0.15, 0.2) is 59.5 Å². The van der Waals surface area contributed by atoms with Crippen LogP contribution in [-0.4, -0.2) is 6.26 Å². The van der Waals surface area contributed by atoms with Crippen molar-refractivity contribution in [1.29, 1.82) is 0 Å². The van der Waals surface area contributed by atoms with Crippen molar-refractivity contribution in [3.63, 3.8) is 0 Å². The number of benzene rings is 2. The SMILES string of the molecule is CSc1ccc(NC(C)c2ccccc2)cc1. The Balaban J connectivity index is 2.05. The van der Waals surface area contributed by atoms with Gasteiger partial charge in [-0.2, -0.15) is 0 Å². The number of hydrogen-bond donors (Lipinski definition) is 1. The van der Waals surface area contributed by atoms with Gasteiger partial charge in [0, 0.05) is 16.6 Å². The normalized spacial score (nSPS) is 12.1. The molecule has 2 aromatic carbocycles. The van der Waals surface area contributed by atoms with Crippen molar-refractivity contribution in [3.8, 4) is 0 Å². The summed E-state index contributed by atoms with van der Waals surface area (Å²) in [6, 6.07) is 19.4. The van der Waals surface area contributed by atoms with Crippen LogP contribution in [0.1, 0.15) is 18.5 Å². The summed E-state index contributed by atoms with van der Waals surface area (Å²) in [5, 5.41) is 3.50. The highest BCUT2D eigenvalue weighted by atomic mass is 32.2. The predicted octanol–water partition coefficient (Wildman–Crippen LogP) is 4.58. The molecule has 0 aliphatic heterocycles. The molecule has 1 N–H and O–H groups in total. The van der Waals surface area contributed by atoms with Crippen LogP contribution in [0.2, 0.25) is 0 Å². The van der Waals surface area contributed by atoms with E-state index < -0.39 is 0 Å². The van der Waals surface area contributed by atoms with E-state index in [1.807, 2.05) is 6.07 Å². The van der Waals surface area contributed by atoms with Gasteiger partial charge in [0.25, 0.3) is 0 Å². The smallest absolute Gasteiger partial charge is 0.0485 e. The molecule has 2 heteroatoms. The minimum absolute atomic E-state index is 0.330. The molecule has 0 fully saturated rings. The highest BCUT2D eigenvalue weighted by Gasteiger charge is 2.03. The fraction of sp³-hybridized carbons (Fsp3) is 0.200. The second-order valence-electron chi connectivity index (χ2n) is 4.01. The fourth-order valence-electron chi connectivity index (χ4n) is 1.76. The van der Waals surface area contributed by atoms with E-state index in [-0.39, 0.29) is 0 Å². The van der Waals surface area contributed by atoms with Gasteiger partial charge >= 0.3 is 0 Å². The molecule has 88 valence electrons. The molecule has 0 saturated heterocycles. The van der Waals surface area contributed by atoms with Crippen LogP contribution in [0.25, 0.3) is 0 Å². The van der Waals surface area contributed by atoms with Gasteiger partial charge in [-0.1, -0.05) is 30.3 Å². The molecule has 0 aliphatic carbocycles. The Morgan fingerprint density at radius 1 is 0.941 bits per heavy atom. The predicted molar refractivity (Wildman–Crippen MR) is 76.7 cm³/mol. The van der Waals surface area contributed by atoms with Gasteiger partial charge in [-0.15, -0.1) is 11.8 Å². The van der Waals surface area contributed by atoms with Crippen LogP contribution in [-0.2, 0) is 0 Å². The molecule has 0 heterocycles. The Bertz CT molecular complexity index is 450. The molecule has 17 heavy (non-hydrogen) atoms. The van der Waals surface area contributed by atoms with Crippen LogP contribution < -0.4 is 5.32 Å². The van der Waals surface area contributed by atoms with E-state index in [1.165, 1.54) is 16.1 Å². The Kier molecular flexibility index (Phi) is 4.10. The van der Waals surface area contributed by atoms with Gasteiger partial charge in [0.1, 0.15) is 0 Å². The van der Waals surface area contributed by atoms with Crippen LogP contribution in [0, 0.1) is 0 Å². The number of hydrogen-bond acceptors (Lipinski definition) is 2. The second kappa shape index (κ2) is 5.78. The minimum atomic E-state index is 0.330. The van der Waals surface area contributed by atoms with Gasteiger partial charge in [-0.05, 0) is 43.0 Å². The van der Waals surface area contributed by atoms with Gasteiger partial charge in [0.15, 0.2) is 0 Å². The number of anilines is 1. The van der Waals surface area contributed by atoms with E-state index in [0.29, 0.717) is 6.04 Å². The van der Waals surface area contributed by atoms with Gasteiger partial charge in [0.2, 0.25) is 0 Å². The summed E-state index contributed by atoms with van der Waals surface area (Å²) in [5.74, 6) is 0. The molecule has 2 rings (SSSR count). The van der Waals surface area contributed by atoms with Crippen LogP contribution in [0.4, 0.5) is 5.69 Å². The summed E-state index contributed by atoms with van der Waals surface area (Å²) < 4.78 is 0. The standard InChI is InChI=1S/C15H17NS/c1-12(13-6-4-3-5-7-13)16-14-8-10-15(17-2)11-9-14/h3-12,16H,1-2H3. The van der Waals surface area contributed by atoms with E-state index in [4.69, 9.17) is 0 Å². The van der Waals surface area contributed by atoms with Crippen molar-refractivity contribution in [2.24, 2.45) is 0 Å². The van der Waals surface area contributed by atoms with Crippen molar-refractivity contribution in [1.82, 2.24) is 0 Å². The summed E-state index contributed by atoms with van der Waals surface area (Å²) in [6.45, 7) is 2.18. The maximum Gasteiger partial charge on any atom is 0.0485 e. The van der Waals surface area contributed by atoms with Crippen molar-refractivity contribution < 1.29 is 0 Å². The highest BCUT2D eigenvalue weighted by Crippen LogP contribution is 2.21. The first kappa shape index (κ1) is 12.1. The van der Waals surface area contributed by atoms with E-state index >= 15 is 0 Å². The maximum absolute atomic E-state index is 3.50. The Hall–Kier alpha value is -1.41. The number of nitrogens with one attached hydrogen (secondary N) is 1. The van der Waals surface area contributed by atoms with Crippen molar-refractivity contribution in [3.05, 3.63) is 60.2 Å². The minimum Gasteiger partial charge on any atom is -0.379 e. The largest absolute Gasteiger partial charge is 0.379 e. The molecule has 0 aromatic heterocycles. The lowest BCUT2D eigenvalue weighted by molar-refractivity contribution is 0.884. The quantitative estimate of drug-likeness (QED) is 0.789. The molecule has 0 spiro atoms. The van der Waals surface area contributed by atoms with E-state index in [1.54, 1.807) is 11.8 Å². The lowest BCUT2D eigenvalue weighted by Crippen LogP contribution is -2.05. The lowest BCUT2D eigenvalue weighted by atomic mass is 10.1. The first-order valence-corrected chi connectivity index (χ1v) is 6.97.